The summed E-state index contributed by atoms with van der Waals surface area (Å²) in [6.07, 6.45) is 2.46. The second-order valence-corrected chi connectivity index (χ2v) is 5.35. The number of carbonyl (C=O) groups excluding carboxylic acids is 1. The highest BCUT2D eigenvalue weighted by atomic mass is 127. The van der Waals surface area contributed by atoms with Gasteiger partial charge in [0.2, 0.25) is 5.91 Å². The van der Waals surface area contributed by atoms with Crippen molar-refractivity contribution < 1.29 is 4.79 Å². The minimum absolute atomic E-state index is 0. The van der Waals surface area contributed by atoms with Gasteiger partial charge < -0.3 is 5.32 Å². The van der Waals surface area contributed by atoms with Gasteiger partial charge in [-0.2, -0.15) is 5.10 Å². The Labute approximate surface area is 146 Å². The summed E-state index contributed by atoms with van der Waals surface area (Å²) < 4.78 is 0. The van der Waals surface area contributed by atoms with Gasteiger partial charge in [0.1, 0.15) is 0 Å². The number of aliphatic imine (C=N–C) groups is 1. The lowest BCUT2D eigenvalue weighted by molar-refractivity contribution is -0.121. The summed E-state index contributed by atoms with van der Waals surface area (Å²) in [5.74, 6) is 0.110. The van der Waals surface area contributed by atoms with Crippen LogP contribution in [0, 0.1) is 5.92 Å². The van der Waals surface area contributed by atoms with Gasteiger partial charge in [-0.1, -0.05) is 30.8 Å². The van der Waals surface area contributed by atoms with E-state index >= 15 is 0 Å². The molecular weight excluding hydrogens is 399 g/mol. The SMILES string of the molecule is CNC(=Nc1ccc(C2=NNC(=O)CC2C)cc1)SC.I. The molecule has 7 heteroatoms. The van der Waals surface area contributed by atoms with Gasteiger partial charge in [-0.05, 0) is 24.0 Å². The Morgan fingerprint density at radius 1 is 1.43 bits per heavy atom. The van der Waals surface area contributed by atoms with Crippen molar-refractivity contribution in [3.63, 3.8) is 0 Å². The van der Waals surface area contributed by atoms with Crippen molar-refractivity contribution in [2.24, 2.45) is 16.0 Å². The maximum atomic E-state index is 11.2. The van der Waals surface area contributed by atoms with E-state index in [0.717, 1.165) is 22.1 Å². The molecule has 2 rings (SSSR count). The monoisotopic (exact) mass is 418 g/mol. The second kappa shape index (κ2) is 8.38. The summed E-state index contributed by atoms with van der Waals surface area (Å²) in [4.78, 5) is 15.7. The number of hydrogen-bond donors (Lipinski definition) is 2. The van der Waals surface area contributed by atoms with Crippen molar-refractivity contribution in [3.05, 3.63) is 29.8 Å². The van der Waals surface area contributed by atoms with E-state index in [1.54, 1.807) is 11.8 Å². The molecule has 114 valence electrons. The fourth-order valence-electron chi connectivity index (χ4n) is 2.03. The third kappa shape index (κ3) is 4.70. The van der Waals surface area contributed by atoms with Crippen LogP contribution in [0.25, 0.3) is 0 Å². The zero-order valence-corrected chi connectivity index (χ0v) is 15.4. The molecule has 0 spiro atoms. The summed E-state index contributed by atoms with van der Waals surface area (Å²) in [6, 6.07) is 7.88. The quantitative estimate of drug-likeness (QED) is 0.441. The van der Waals surface area contributed by atoms with Gasteiger partial charge in [-0.15, -0.1) is 24.0 Å². The van der Waals surface area contributed by atoms with E-state index in [2.05, 4.69) is 20.8 Å². The molecule has 1 aliphatic rings. The summed E-state index contributed by atoms with van der Waals surface area (Å²) >= 11 is 1.57. The summed E-state index contributed by atoms with van der Waals surface area (Å²) in [5.41, 5.74) is 5.36. The first-order valence-electron chi connectivity index (χ1n) is 6.41. The molecule has 2 N–H and O–H groups in total. The van der Waals surface area contributed by atoms with Crippen molar-refractivity contribution in [3.8, 4) is 0 Å². The highest BCUT2D eigenvalue weighted by molar-refractivity contribution is 14.0. The fraction of sp³-hybridized carbons (Fsp3) is 0.357. The zero-order valence-electron chi connectivity index (χ0n) is 12.2. The van der Waals surface area contributed by atoms with Crippen molar-refractivity contribution in [2.45, 2.75) is 13.3 Å². The van der Waals surface area contributed by atoms with Gasteiger partial charge in [-0.3, -0.25) is 4.79 Å². The van der Waals surface area contributed by atoms with Crippen LogP contribution in [-0.4, -0.2) is 30.1 Å². The smallest absolute Gasteiger partial charge is 0.240 e. The molecule has 1 aliphatic heterocycles. The molecule has 0 aliphatic carbocycles. The highest BCUT2D eigenvalue weighted by Crippen LogP contribution is 2.20. The number of carbonyl (C=O) groups is 1. The van der Waals surface area contributed by atoms with Crippen molar-refractivity contribution in [1.82, 2.24) is 10.7 Å². The second-order valence-electron chi connectivity index (χ2n) is 4.56. The number of amides is 1. The van der Waals surface area contributed by atoms with Crippen LogP contribution >= 0.6 is 35.7 Å². The van der Waals surface area contributed by atoms with Crippen molar-refractivity contribution in [1.29, 1.82) is 0 Å². The molecule has 5 nitrogen and oxygen atoms in total. The van der Waals surface area contributed by atoms with E-state index in [9.17, 15) is 4.79 Å². The number of nitrogens with zero attached hydrogens (tertiary/aromatic N) is 2. The molecular formula is C14H19IN4OS. The topological polar surface area (TPSA) is 65.8 Å². The maximum Gasteiger partial charge on any atom is 0.240 e. The lowest BCUT2D eigenvalue weighted by Gasteiger charge is -2.19. The predicted molar refractivity (Wildman–Crippen MR) is 100.0 cm³/mol. The molecule has 1 unspecified atom stereocenters. The maximum absolute atomic E-state index is 11.2. The van der Waals surface area contributed by atoms with Gasteiger partial charge in [0.15, 0.2) is 5.17 Å². The third-order valence-corrected chi connectivity index (χ3v) is 3.74. The number of rotatable bonds is 2. The van der Waals surface area contributed by atoms with Crippen molar-refractivity contribution >= 4 is 58.2 Å². The summed E-state index contributed by atoms with van der Waals surface area (Å²) in [6.45, 7) is 2.01. The standard InChI is InChI=1S/C14H18N4OS.HI/c1-9-8-12(19)17-18-13(9)10-4-6-11(7-5-10)16-14(15-2)20-3;/h4-7,9H,8H2,1-3H3,(H,15,16)(H,17,19);1H. The van der Waals surface area contributed by atoms with Crippen LogP contribution in [0.5, 0.6) is 0 Å². The lowest BCUT2D eigenvalue weighted by Crippen LogP contribution is -2.31. The molecule has 0 bridgehead atoms. The van der Waals surface area contributed by atoms with E-state index in [-0.39, 0.29) is 35.8 Å². The molecule has 0 saturated heterocycles. The predicted octanol–water partition coefficient (Wildman–Crippen LogP) is 2.73. The largest absolute Gasteiger partial charge is 0.368 e. The molecule has 0 saturated carbocycles. The van der Waals surface area contributed by atoms with Crippen LogP contribution < -0.4 is 10.7 Å². The lowest BCUT2D eigenvalue weighted by atomic mass is 9.94. The highest BCUT2D eigenvalue weighted by Gasteiger charge is 2.21. The molecule has 1 amide bonds. The molecule has 0 radical (unpaired) electrons. The first-order chi connectivity index (χ1) is 9.63. The minimum Gasteiger partial charge on any atom is -0.368 e. The van der Waals surface area contributed by atoms with Crippen LogP contribution in [0.3, 0.4) is 0 Å². The molecule has 21 heavy (non-hydrogen) atoms. The Bertz CT molecular complexity index is 551. The zero-order chi connectivity index (χ0) is 14.5. The van der Waals surface area contributed by atoms with E-state index in [0.29, 0.717) is 6.42 Å². The Hall–Kier alpha value is -1.09. The van der Waals surface area contributed by atoms with E-state index < -0.39 is 0 Å². The number of hydrogen-bond acceptors (Lipinski definition) is 4. The molecule has 1 heterocycles. The molecule has 1 aromatic carbocycles. The van der Waals surface area contributed by atoms with E-state index in [4.69, 9.17) is 0 Å². The Morgan fingerprint density at radius 2 is 2.10 bits per heavy atom. The average Bonchev–Trinajstić information content (AvgIpc) is 2.46. The van der Waals surface area contributed by atoms with Gasteiger partial charge in [0.05, 0.1) is 11.4 Å². The Balaban J connectivity index is 0.00000220. The molecule has 0 aromatic heterocycles. The summed E-state index contributed by atoms with van der Waals surface area (Å²) in [5, 5.41) is 8.05. The number of benzene rings is 1. The van der Waals surface area contributed by atoms with E-state index in [1.807, 2.05) is 44.5 Å². The fourth-order valence-corrected chi connectivity index (χ4v) is 2.43. The summed E-state index contributed by atoms with van der Waals surface area (Å²) in [7, 11) is 1.85. The van der Waals surface area contributed by atoms with Crippen LogP contribution in [0.4, 0.5) is 5.69 Å². The number of hydrazone groups is 1. The van der Waals surface area contributed by atoms with E-state index in [1.165, 1.54) is 0 Å². The number of halogens is 1. The number of amidine groups is 1. The van der Waals surface area contributed by atoms with Gasteiger partial charge in [0, 0.05) is 19.4 Å². The van der Waals surface area contributed by atoms with Crippen LogP contribution in [0.1, 0.15) is 18.9 Å². The van der Waals surface area contributed by atoms with Gasteiger partial charge in [0.25, 0.3) is 0 Å². The van der Waals surface area contributed by atoms with Gasteiger partial charge >= 0.3 is 0 Å². The Morgan fingerprint density at radius 3 is 2.62 bits per heavy atom. The molecule has 1 atom stereocenters. The molecule has 1 aromatic rings. The normalized spacial score (nSPS) is 18.4. The minimum atomic E-state index is -0.0268. The van der Waals surface area contributed by atoms with Crippen LogP contribution in [-0.2, 0) is 4.79 Å². The third-order valence-electron chi connectivity index (χ3n) is 3.06. The number of nitrogens with one attached hydrogen (secondary N) is 2. The van der Waals surface area contributed by atoms with Crippen LogP contribution in [0.2, 0.25) is 0 Å². The van der Waals surface area contributed by atoms with Crippen LogP contribution in [0.15, 0.2) is 34.4 Å². The Kier molecular flexibility index (Phi) is 7.16. The first-order valence-corrected chi connectivity index (χ1v) is 7.63. The number of thioether (sulfide) groups is 1. The molecule has 0 fully saturated rings. The average molecular weight is 418 g/mol. The first kappa shape index (κ1) is 18.0. The van der Waals surface area contributed by atoms with Crippen molar-refractivity contribution in [2.75, 3.05) is 13.3 Å². The van der Waals surface area contributed by atoms with Gasteiger partial charge in [-0.25, -0.2) is 10.4 Å².